The zero-order chi connectivity index (χ0) is 20.9. The molecule has 0 saturated carbocycles. The number of hydrogen-bond acceptors (Lipinski definition) is 3. The maximum Gasteiger partial charge on any atom is 0.255 e. The van der Waals surface area contributed by atoms with E-state index in [0.717, 1.165) is 29.8 Å². The molecule has 1 saturated heterocycles. The highest BCUT2D eigenvalue weighted by molar-refractivity contribution is 6.05. The van der Waals surface area contributed by atoms with Crippen LogP contribution in [0.4, 0.5) is 5.69 Å². The van der Waals surface area contributed by atoms with Gasteiger partial charge in [0.1, 0.15) is 5.75 Å². The summed E-state index contributed by atoms with van der Waals surface area (Å²) in [5, 5.41) is 2.93. The number of nitrogens with one attached hydrogen (secondary N) is 1. The van der Waals surface area contributed by atoms with Gasteiger partial charge in [-0.25, -0.2) is 0 Å². The molecule has 0 unspecified atom stereocenters. The number of amides is 2. The Labute approximate surface area is 176 Å². The first-order valence-electron chi connectivity index (χ1n) is 10.1. The lowest BCUT2D eigenvalue weighted by molar-refractivity contribution is -0.128. The molecular weight excluding hydrogens is 376 g/mol. The zero-order valence-electron chi connectivity index (χ0n) is 16.9. The molecule has 1 fully saturated rings. The minimum atomic E-state index is -0.209. The molecule has 1 aliphatic heterocycles. The van der Waals surface area contributed by atoms with Crippen LogP contribution in [-0.2, 0) is 11.3 Å². The summed E-state index contributed by atoms with van der Waals surface area (Å²) in [7, 11) is 0. The molecule has 0 atom stereocenters. The Morgan fingerprint density at radius 1 is 1.03 bits per heavy atom. The molecule has 1 N–H and O–H groups in total. The van der Waals surface area contributed by atoms with Gasteiger partial charge in [0, 0.05) is 25.1 Å². The molecule has 2 amide bonds. The van der Waals surface area contributed by atoms with E-state index in [1.54, 1.807) is 12.1 Å². The predicted molar refractivity (Wildman–Crippen MR) is 117 cm³/mol. The zero-order valence-corrected chi connectivity index (χ0v) is 16.9. The number of nitrogens with zero attached hydrogens (tertiary/aromatic N) is 1. The molecule has 4 rings (SSSR count). The minimum absolute atomic E-state index is 0.196. The largest absolute Gasteiger partial charge is 0.455 e. The van der Waals surface area contributed by atoms with Crippen LogP contribution in [0.3, 0.4) is 0 Å². The highest BCUT2D eigenvalue weighted by Crippen LogP contribution is 2.30. The van der Waals surface area contributed by atoms with Gasteiger partial charge < -0.3 is 15.0 Å². The Morgan fingerprint density at radius 2 is 1.83 bits per heavy atom. The van der Waals surface area contributed by atoms with E-state index in [1.165, 1.54) is 0 Å². The number of likely N-dealkylation sites (tertiary alicyclic amines) is 1. The van der Waals surface area contributed by atoms with Crippen LogP contribution in [0.5, 0.6) is 11.5 Å². The normalized spacial score (nSPS) is 13.4. The van der Waals surface area contributed by atoms with Gasteiger partial charge in [0.05, 0.1) is 5.69 Å². The monoisotopic (exact) mass is 400 g/mol. The first kappa shape index (κ1) is 19.7. The smallest absolute Gasteiger partial charge is 0.255 e. The number of rotatable bonds is 6. The van der Waals surface area contributed by atoms with Crippen molar-refractivity contribution in [2.24, 2.45) is 0 Å². The summed E-state index contributed by atoms with van der Waals surface area (Å²) < 4.78 is 5.98. The first-order chi connectivity index (χ1) is 14.6. The van der Waals surface area contributed by atoms with E-state index in [1.807, 2.05) is 72.5 Å². The van der Waals surface area contributed by atoms with Crippen molar-refractivity contribution in [3.05, 3.63) is 89.5 Å². The Balaban J connectivity index is 1.44. The quantitative estimate of drug-likeness (QED) is 0.622. The predicted octanol–water partition coefficient (Wildman–Crippen LogP) is 5.16. The van der Waals surface area contributed by atoms with E-state index in [0.29, 0.717) is 30.0 Å². The van der Waals surface area contributed by atoms with Crippen molar-refractivity contribution in [1.82, 2.24) is 4.90 Å². The Morgan fingerprint density at radius 3 is 2.57 bits per heavy atom. The van der Waals surface area contributed by atoms with E-state index < -0.39 is 0 Å². The van der Waals surface area contributed by atoms with E-state index >= 15 is 0 Å². The summed E-state index contributed by atoms with van der Waals surface area (Å²) in [4.78, 5) is 26.4. The number of para-hydroxylation sites is 2. The van der Waals surface area contributed by atoms with Gasteiger partial charge in [0.25, 0.3) is 5.91 Å². The molecule has 1 aliphatic rings. The molecular formula is C25H24N2O3. The summed E-state index contributed by atoms with van der Waals surface area (Å²) in [5.41, 5.74) is 3.28. The average Bonchev–Trinajstić information content (AvgIpc) is 3.14. The van der Waals surface area contributed by atoms with Gasteiger partial charge in [-0.1, -0.05) is 36.4 Å². The Hall–Kier alpha value is -3.60. The van der Waals surface area contributed by atoms with Crippen LogP contribution < -0.4 is 10.1 Å². The number of aryl methyl sites for hydroxylation is 1. The Kier molecular flexibility index (Phi) is 5.80. The highest BCUT2D eigenvalue weighted by atomic mass is 16.5. The van der Waals surface area contributed by atoms with Crippen LogP contribution in [0.25, 0.3) is 0 Å². The summed E-state index contributed by atoms with van der Waals surface area (Å²) in [6, 6.07) is 22.5. The number of hydrogen-bond donors (Lipinski definition) is 1. The van der Waals surface area contributed by atoms with Crippen molar-refractivity contribution < 1.29 is 14.3 Å². The number of carbonyl (C=O) groups is 2. The molecule has 152 valence electrons. The van der Waals surface area contributed by atoms with Crippen molar-refractivity contribution in [3.8, 4) is 11.5 Å². The van der Waals surface area contributed by atoms with Gasteiger partial charge in [-0.05, 0) is 60.9 Å². The fraction of sp³-hybridized carbons (Fsp3) is 0.200. The molecule has 3 aromatic rings. The number of carbonyl (C=O) groups excluding carboxylic acids is 2. The standard InChI is InChI=1S/C25H24N2O3/c1-18-6-4-7-21(16-18)30-23-9-3-2-8-22(23)26-25(29)20-13-11-19(12-14-20)17-27-15-5-10-24(27)28/h2-4,6-9,11-14,16H,5,10,15,17H2,1H3,(H,26,29). The van der Waals surface area contributed by atoms with Gasteiger partial charge in [0.15, 0.2) is 5.75 Å². The summed E-state index contributed by atoms with van der Waals surface area (Å²) in [6.07, 6.45) is 1.55. The number of anilines is 1. The molecule has 30 heavy (non-hydrogen) atoms. The van der Waals surface area contributed by atoms with Crippen LogP contribution in [0, 0.1) is 6.92 Å². The third-order valence-electron chi connectivity index (χ3n) is 5.11. The number of ether oxygens (including phenoxy) is 1. The SMILES string of the molecule is Cc1cccc(Oc2ccccc2NC(=O)c2ccc(CN3CCCC3=O)cc2)c1. The second-order valence-electron chi connectivity index (χ2n) is 7.48. The fourth-order valence-electron chi connectivity index (χ4n) is 3.51. The van der Waals surface area contributed by atoms with E-state index in [4.69, 9.17) is 4.74 Å². The summed E-state index contributed by atoms with van der Waals surface area (Å²) in [5.74, 6) is 1.29. The second-order valence-corrected chi connectivity index (χ2v) is 7.48. The van der Waals surface area contributed by atoms with Crippen molar-refractivity contribution >= 4 is 17.5 Å². The minimum Gasteiger partial charge on any atom is -0.455 e. The summed E-state index contributed by atoms with van der Waals surface area (Å²) >= 11 is 0. The molecule has 0 aliphatic carbocycles. The lowest BCUT2D eigenvalue weighted by Gasteiger charge is -2.16. The van der Waals surface area contributed by atoms with E-state index in [2.05, 4.69) is 5.32 Å². The van der Waals surface area contributed by atoms with Crippen LogP contribution in [0.2, 0.25) is 0 Å². The van der Waals surface area contributed by atoms with Gasteiger partial charge in [0.2, 0.25) is 5.91 Å². The van der Waals surface area contributed by atoms with Crippen molar-refractivity contribution in [2.45, 2.75) is 26.3 Å². The third kappa shape index (κ3) is 4.69. The van der Waals surface area contributed by atoms with Gasteiger partial charge in [-0.3, -0.25) is 9.59 Å². The maximum atomic E-state index is 12.7. The van der Waals surface area contributed by atoms with Crippen molar-refractivity contribution in [3.63, 3.8) is 0 Å². The van der Waals surface area contributed by atoms with Gasteiger partial charge in [-0.2, -0.15) is 0 Å². The molecule has 0 radical (unpaired) electrons. The van der Waals surface area contributed by atoms with Crippen LogP contribution in [-0.4, -0.2) is 23.3 Å². The molecule has 0 spiro atoms. The topological polar surface area (TPSA) is 58.6 Å². The lowest BCUT2D eigenvalue weighted by atomic mass is 10.1. The molecule has 0 aromatic heterocycles. The Bertz CT molecular complexity index is 1060. The molecule has 1 heterocycles. The van der Waals surface area contributed by atoms with E-state index in [9.17, 15) is 9.59 Å². The van der Waals surface area contributed by atoms with Gasteiger partial charge in [-0.15, -0.1) is 0 Å². The summed E-state index contributed by atoms with van der Waals surface area (Å²) in [6.45, 7) is 3.40. The van der Waals surface area contributed by atoms with Crippen LogP contribution in [0.1, 0.15) is 34.3 Å². The third-order valence-corrected chi connectivity index (χ3v) is 5.11. The van der Waals surface area contributed by atoms with Crippen LogP contribution >= 0.6 is 0 Å². The van der Waals surface area contributed by atoms with Crippen LogP contribution in [0.15, 0.2) is 72.8 Å². The van der Waals surface area contributed by atoms with E-state index in [-0.39, 0.29) is 11.8 Å². The van der Waals surface area contributed by atoms with Crippen molar-refractivity contribution in [1.29, 1.82) is 0 Å². The van der Waals surface area contributed by atoms with Gasteiger partial charge >= 0.3 is 0 Å². The average molecular weight is 400 g/mol. The van der Waals surface area contributed by atoms with Crippen molar-refractivity contribution in [2.75, 3.05) is 11.9 Å². The second kappa shape index (κ2) is 8.82. The highest BCUT2D eigenvalue weighted by Gasteiger charge is 2.20. The molecule has 3 aromatic carbocycles. The molecule has 5 nitrogen and oxygen atoms in total. The molecule has 5 heteroatoms. The lowest BCUT2D eigenvalue weighted by Crippen LogP contribution is -2.23. The fourth-order valence-corrected chi connectivity index (χ4v) is 3.51. The number of benzene rings is 3. The first-order valence-corrected chi connectivity index (χ1v) is 10.1. The molecule has 0 bridgehead atoms. The maximum absolute atomic E-state index is 12.7.